The van der Waals surface area contributed by atoms with E-state index in [2.05, 4.69) is 4.99 Å². The fourth-order valence-corrected chi connectivity index (χ4v) is 1.23. The smallest absolute Gasteiger partial charge is 0.211 e. The van der Waals surface area contributed by atoms with E-state index in [1.165, 1.54) is 6.08 Å². The molecule has 0 fully saturated rings. The molecule has 0 spiro atoms. The molecular formula is C8H8ClNO. The van der Waals surface area contributed by atoms with Crippen LogP contribution in [-0.4, -0.2) is 6.08 Å². The summed E-state index contributed by atoms with van der Waals surface area (Å²) in [6.07, 6.45) is 5.10. The monoisotopic (exact) mass is 169 g/mol. The van der Waals surface area contributed by atoms with Gasteiger partial charge in [0.25, 0.3) is 0 Å². The fourth-order valence-electron chi connectivity index (χ4n) is 1.01. The van der Waals surface area contributed by atoms with Crippen LogP contribution in [0.2, 0.25) is 0 Å². The molecule has 3 heteroatoms. The van der Waals surface area contributed by atoms with Gasteiger partial charge in [-0.1, -0.05) is 17.7 Å². The number of aliphatic imine (C=N–C) groups is 1. The average molecular weight is 170 g/mol. The van der Waals surface area contributed by atoms with Crippen molar-refractivity contribution in [3.8, 4) is 0 Å². The van der Waals surface area contributed by atoms with Gasteiger partial charge in [-0.15, -0.1) is 0 Å². The number of allylic oxidation sites excluding steroid dienone is 4. The van der Waals surface area contributed by atoms with E-state index in [4.69, 9.17) is 11.6 Å². The molecule has 0 saturated heterocycles. The maximum Gasteiger partial charge on any atom is 0.240 e. The van der Waals surface area contributed by atoms with Gasteiger partial charge in [0.2, 0.25) is 6.08 Å². The van der Waals surface area contributed by atoms with Crippen molar-refractivity contribution in [1.82, 2.24) is 0 Å². The van der Waals surface area contributed by atoms with Crippen molar-refractivity contribution in [2.75, 3.05) is 0 Å². The van der Waals surface area contributed by atoms with Crippen molar-refractivity contribution >= 4 is 17.7 Å². The Morgan fingerprint density at radius 1 is 1.73 bits per heavy atom. The van der Waals surface area contributed by atoms with Gasteiger partial charge in [0, 0.05) is 5.03 Å². The minimum atomic E-state index is 0.699. The summed E-state index contributed by atoms with van der Waals surface area (Å²) >= 11 is 5.81. The molecule has 0 aromatic rings. The summed E-state index contributed by atoms with van der Waals surface area (Å²) in [5.41, 5.74) is 1.65. The summed E-state index contributed by atoms with van der Waals surface area (Å²) in [5.74, 6) is 0. The van der Waals surface area contributed by atoms with E-state index in [1.807, 2.05) is 13.0 Å². The second-order valence-corrected chi connectivity index (χ2v) is 2.77. The SMILES string of the molecule is CC1=C(N=C=O)CCC=C1Cl. The minimum absolute atomic E-state index is 0.699. The van der Waals surface area contributed by atoms with Crippen LogP contribution in [0.5, 0.6) is 0 Å². The zero-order valence-electron chi connectivity index (χ0n) is 6.22. The van der Waals surface area contributed by atoms with Crippen LogP contribution in [0.4, 0.5) is 0 Å². The largest absolute Gasteiger partial charge is 0.240 e. The van der Waals surface area contributed by atoms with Gasteiger partial charge in [-0.3, -0.25) is 0 Å². The van der Waals surface area contributed by atoms with E-state index in [0.717, 1.165) is 24.1 Å². The van der Waals surface area contributed by atoms with Gasteiger partial charge < -0.3 is 0 Å². The first kappa shape index (κ1) is 8.25. The van der Waals surface area contributed by atoms with E-state index in [1.54, 1.807) is 0 Å². The Labute approximate surface area is 70.3 Å². The lowest BCUT2D eigenvalue weighted by atomic mass is 10.1. The molecule has 2 nitrogen and oxygen atoms in total. The number of isocyanates is 1. The van der Waals surface area contributed by atoms with Crippen LogP contribution in [0.1, 0.15) is 19.8 Å². The molecule has 0 radical (unpaired) electrons. The fraction of sp³-hybridized carbons (Fsp3) is 0.375. The first-order valence-corrected chi connectivity index (χ1v) is 3.77. The van der Waals surface area contributed by atoms with Gasteiger partial charge in [0.1, 0.15) is 0 Å². The Morgan fingerprint density at radius 2 is 2.45 bits per heavy atom. The Hall–Kier alpha value is -0.850. The molecular weight excluding hydrogens is 162 g/mol. The first-order valence-electron chi connectivity index (χ1n) is 3.39. The van der Waals surface area contributed by atoms with E-state index in [0.29, 0.717) is 5.03 Å². The molecule has 0 aliphatic heterocycles. The van der Waals surface area contributed by atoms with Crippen molar-refractivity contribution in [2.45, 2.75) is 19.8 Å². The molecule has 0 amide bonds. The van der Waals surface area contributed by atoms with Gasteiger partial charge in [-0.25, -0.2) is 4.79 Å². The molecule has 0 N–H and O–H groups in total. The highest BCUT2D eigenvalue weighted by Crippen LogP contribution is 2.27. The van der Waals surface area contributed by atoms with E-state index in [-0.39, 0.29) is 0 Å². The Balaban J connectivity index is 3.00. The zero-order valence-corrected chi connectivity index (χ0v) is 6.98. The zero-order chi connectivity index (χ0) is 8.27. The molecule has 1 aliphatic carbocycles. The maximum atomic E-state index is 9.94. The minimum Gasteiger partial charge on any atom is -0.211 e. The predicted octanol–water partition coefficient (Wildman–Crippen LogP) is 2.51. The van der Waals surface area contributed by atoms with Crippen molar-refractivity contribution in [1.29, 1.82) is 0 Å². The van der Waals surface area contributed by atoms with Gasteiger partial charge in [-0.2, -0.15) is 4.99 Å². The summed E-state index contributed by atoms with van der Waals surface area (Å²) in [6.45, 7) is 1.86. The van der Waals surface area contributed by atoms with Crippen LogP contribution >= 0.6 is 11.6 Å². The second kappa shape index (κ2) is 3.51. The highest BCUT2D eigenvalue weighted by atomic mass is 35.5. The average Bonchev–Trinajstić information content (AvgIpc) is 1.99. The lowest BCUT2D eigenvalue weighted by Gasteiger charge is -2.09. The summed E-state index contributed by atoms with van der Waals surface area (Å²) < 4.78 is 0. The van der Waals surface area contributed by atoms with Crippen LogP contribution in [0.3, 0.4) is 0 Å². The molecule has 0 atom stereocenters. The number of hydrogen-bond acceptors (Lipinski definition) is 2. The maximum absolute atomic E-state index is 9.94. The first-order chi connectivity index (χ1) is 5.25. The van der Waals surface area contributed by atoms with Gasteiger partial charge in [0.15, 0.2) is 0 Å². The Bertz CT molecular complexity index is 272. The number of carbonyl (C=O) groups excluding carboxylic acids is 1. The van der Waals surface area contributed by atoms with Crippen molar-refractivity contribution in [2.24, 2.45) is 4.99 Å². The van der Waals surface area contributed by atoms with Crippen LogP contribution in [0.25, 0.3) is 0 Å². The highest BCUT2D eigenvalue weighted by molar-refractivity contribution is 6.32. The van der Waals surface area contributed by atoms with Gasteiger partial charge in [-0.05, 0) is 25.3 Å². The lowest BCUT2D eigenvalue weighted by molar-refractivity contribution is 0.564. The summed E-state index contributed by atoms with van der Waals surface area (Å²) in [7, 11) is 0. The van der Waals surface area contributed by atoms with Crippen LogP contribution in [-0.2, 0) is 4.79 Å². The third kappa shape index (κ3) is 1.79. The molecule has 1 aliphatic rings. The Morgan fingerprint density at radius 3 is 3.09 bits per heavy atom. The molecule has 11 heavy (non-hydrogen) atoms. The van der Waals surface area contributed by atoms with Crippen molar-refractivity contribution in [3.05, 3.63) is 22.4 Å². The summed E-state index contributed by atoms with van der Waals surface area (Å²) in [6, 6.07) is 0. The molecule has 0 aromatic heterocycles. The Kier molecular flexibility index (Phi) is 2.64. The van der Waals surface area contributed by atoms with Crippen molar-refractivity contribution < 1.29 is 4.79 Å². The quantitative estimate of drug-likeness (QED) is 0.438. The standard InChI is InChI=1S/C8H8ClNO/c1-6-7(9)3-2-4-8(6)10-5-11/h3H,2,4H2,1H3. The molecule has 0 saturated carbocycles. The topological polar surface area (TPSA) is 29.4 Å². The van der Waals surface area contributed by atoms with E-state index >= 15 is 0 Å². The van der Waals surface area contributed by atoms with Crippen LogP contribution < -0.4 is 0 Å². The number of rotatable bonds is 1. The predicted molar refractivity (Wildman–Crippen MR) is 44.0 cm³/mol. The number of nitrogens with zero attached hydrogens (tertiary/aromatic N) is 1. The number of halogens is 1. The van der Waals surface area contributed by atoms with Gasteiger partial charge in [0.05, 0.1) is 5.70 Å². The highest BCUT2D eigenvalue weighted by Gasteiger charge is 2.09. The molecule has 0 aromatic carbocycles. The summed E-state index contributed by atoms with van der Waals surface area (Å²) in [5, 5.41) is 0.699. The third-order valence-corrected chi connectivity index (χ3v) is 2.11. The third-order valence-electron chi connectivity index (χ3n) is 1.68. The van der Waals surface area contributed by atoms with Crippen LogP contribution in [0.15, 0.2) is 27.4 Å². The van der Waals surface area contributed by atoms with Crippen LogP contribution in [0, 0.1) is 0 Å². The molecule has 58 valence electrons. The van der Waals surface area contributed by atoms with Crippen molar-refractivity contribution in [3.63, 3.8) is 0 Å². The van der Waals surface area contributed by atoms with E-state index in [9.17, 15) is 4.79 Å². The normalized spacial score (nSPS) is 17.5. The molecule has 0 heterocycles. The molecule has 0 bridgehead atoms. The van der Waals surface area contributed by atoms with E-state index < -0.39 is 0 Å². The lowest BCUT2D eigenvalue weighted by Crippen LogP contribution is -1.92. The summed E-state index contributed by atoms with van der Waals surface area (Å²) in [4.78, 5) is 13.5. The molecule has 0 unspecified atom stereocenters. The second-order valence-electron chi connectivity index (χ2n) is 2.37. The number of hydrogen-bond donors (Lipinski definition) is 0. The van der Waals surface area contributed by atoms with Gasteiger partial charge >= 0.3 is 0 Å². The molecule has 1 rings (SSSR count).